The summed E-state index contributed by atoms with van der Waals surface area (Å²) in [4.78, 5) is 38.4. The molecular weight excluding hydrogens is 552 g/mol. The van der Waals surface area contributed by atoms with Crippen LogP contribution in [0.5, 0.6) is 11.5 Å². The number of carbonyl (C=O) groups excluding carboxylic acids is 2. The Morgan fingerprint density at radius 2 is 1.74 bits per heavy atom. The van der Waals surface area contributed by atoms with Gasteiger partial charge >= 0.3 is 5.91 Å². The minimum atomic E-state index is -0.980. The number of aryl methyl sites for hydroxylation is 3. The Hall–Kier alpha value is -4.70. The van der Waals surface area contributed by atoms with Gasteiger partial charge in [-0.3, -0.25) is 14.5 Å². The highest BCUT2D eigenvalue weighted by Gasteiger charge is 2.49. The largest absolute Gasteiger partial charge is 0.505 e. The first-order valence-corrected chi connectivity index (χ1v) is 14.6. The van der Waals surface area contributed by atoms with Crippen molar-refractivity contribution in [1.29, 1.82) is 0 Å². The van der Waals surface area contributed by atoms with Crippen LogP contribution >= 0.6 is 11.3 Å². The third kappa shape index (κ3) is 4.39. The van der Waals surface area contributed by atoms with Crippen LogP contribution in [-0.2, 0) is 9.59 Å². The van der Waals surface area contributed by atoms with Crippen molar-refractivity contribution in [3.63, 3.8) is 0 Å². The molecule has 6 rings (SSSR count). The molecule has 10 heteroatoms. The van der Waals surface area contributed by atoms with E-state index in [2.05, 4.69) is 4.98 Å². The SMILES string of the molecule is CCOc1ccc(C2C(=C(O)c3nc4c(C)cccn4c3C)C(=O)C(=O)N2c2nc3ccc(C)cc3s2)cc1OCC. The summed E-state index contributed by atoms with van der Waals surface area (Å²) in [6, 6.07) is 14.0. The molecule has 0 spiro atoms. The van der Waals surface area contributed by atoms with Crippen LogP contribution in [0.1, 0.15) is 48.0 Å². The Labute approximate surface area is 246 Å². The Morgan fingerprint density at radius 1 is 0.976 bits per heavy atom. The van der Waals surface area contributed by atoms with E-state index < -0.39 is 17.7 Å². The summed E-state index contributed by atoms with van der Waals surface area (Å²) in [5.41, 5.74) is 4.73. The number of ketones is 1. The van der Waals surface area contributed by atoms with E-state index in [1.807, 2.05) is 75.5 Å². The van der Waals surface area contributed by atoms with Crippen LogP contribution in [0.2, 0.25) is 0 Å². The molecule has 1 fully saturated rings. The van der Waals surface area contributed by atoms with Gasteiger partial charge in [0, 0.05) is 6.20 Å². The van der Waals surface area contributed by atoms with Crippen LogP contribution in [0, 0.1) is 20.8 Å². The molecule has 214 valence electrons. The highest BCUT2D eigenvalue weighted by Crippen LogP contribution is 2.46. The van der Waals surface area contributed by atoms with Crippen molar-refractivity contribution in [2.45, 2.75) is 40.7 Å². The highest BCUT2D eigenvalue weighted by atomic mass is 32.1. The van der Waals surface area contributed by atoms with Crippen LogP contribution in [-0.4, -0.2) is 44.4 Å². The Balaban J connectivity index is 1.60. The van der Waals surface area contributed by atoms with E-state index in [9.17, 15) is 14.7 Å². The van der Waals surface area contributed by atoms with Crippen molar-refractivity contribution in [2.75, 3.05) is 18.1 Å². The Morgan fingerprint density at radius 3 is 2.48 bits per heavy atom. The molecule has 0 bridgehead atoms. The number of thiazole rings is 1. The normalized spacial score (nSPS) is 16.6. The van der Waals surface area contributed by atoms with Crippen molar-refractivity contribution < 1.29 is 24.2 Å². The average Bonchev–Trinajstić information content (AvgIpc) is 3.62. The molecule has 1 saturated heterocycles. The number of aromatic nitrogens is 3. The first-order valence-electron chi connectivity index (χ1n) is 13.8. The van der Waals surface area contributed by atoms with Crippen LogP contribution < -0.4 is 14.4 Å². The van der Waals surface area contributed by atoms with Crippen molar-refractivity contribution in [2.24, 2.45) is 0 Å². The maximum atomic E-state index is 13.8. The smallest absolute Gasteiger partial charge is 0.301 e. The number of carbonyl (C=O) groups is 2. The monoisotopic (exact) mass is 582 g/mol. The van der Waals surface area contributed by atoms with Gasteiger partial charge in [0.2, 0.25) is 0 Å². The zero-order valence-electron chi connectivity index (χ0n) is 24.0. The van der Waals surface area contributed by atoms with Crippen molar-refractivity contribution in [3.8, 4) is 11.5 Å². The number of imidazole rings is 1. The number of rotatable bonds is 7. The van der Waals surface area contributed by atoms with Gasteiger partial charge in [0.1, 0.15) is 11.3 Å². The fourth-order valence-corrected chi connectivity index (χ4v) is 6.47. The summed E-state index contributed by atoms with van der Waals surface area (Å²) in [7, 11) is 0. The molecule has 1 aliphatic rings. The second-order valence-electron chi connectivity index (χ2n) is 10.1. The quantitative estimate of drug-likeness (QED) is 0.137. The maximum Gasteiger partial charge on any atom is 0.301 e. The number of anilines is 1. The summed E-state index contributed by atoms with van der Waals surface area (Å²) in [6.07, 6.45) is 1.85. The van der Waals surface area contributed by atoms with Crippen LogP contribution in [0.3, 0.4) is 0 Å². The second-order valence-corrected chi connectivity index (χ2v) is 11.1. The van der Waals surface area contributed by atoms with Gasteiger partial charge < -0.3 is 19.0 Å². The summed E-state index contributed by atoms with van der Waals surface area (Å²) < 4.78 is 14.4. The van der Waals surface area contributed by atoms with E-state index in [1.54, 1.807) is 18.2 Å². The molecule has 3 aromatic heterocycles. The lowest BCUT2D eigenvalue weighted by atomic mass is 9.96. The minimum absolute atomic E-state index is 0.0637. The number of hydrogen-bond acceptors (Lipinski definition) is 8. The van der Waals surface area contributed by atoms with Crippen molar-refractivity contribution in [3.05, 3.63) is 88.4 Å². The van der Waals surface area contributed by atoms with Gasteiger partial charge in [-0.1, -0.05) is 29.5 Å². The second kappa shape index (κ2) is 10.6. The number of Topliss-reactive ketones (excluding diaryl/α,β-unsaturated/α-hetero) is 1. The van der Waals surface area contributed by atoms with Crippen LogP contribution in [0.15, 0.2) is 60.3 Å². The molecule has 2 aromatic carbocycles. The number of benzene rings is 2. The molecule has 1 N–H and O–H groups in total. The van der Waals surface area contributed by atoms with E-state index in [-0.39, 0.29) is 17.0 Å². The number of amides is 1. The zero-order chi connectivity index (χ0) is 29.7. The lowest BCUT2D eigenvalue weighted by molar-refractivity contribution is -0.132. The third-order valence-electron chi connectivity index (χ3n) is 7.37. The van der Waals surface area contributed by atoms with Crippen LogP contribution in [0.4, 0.5) is 5.13 Å². The predicted molar refractivity (Wildman–Crippen MR) is 163 cm³/mol. The van der Waals surface area contributed by atoms with E-state index in [1.165, 1.54) is 16.2 Å². The molecule has 1 unspecified atom stereocenters. The van der Waals surface area contributed by atoms with E-state index >= 15 is 0 Å². The van der Waals surface area contributed by atoms with Gasteiger partial charge in [0.15, 0.2) is 22.4 Å². The van der Waals surface area contributed by atoms with Gasteiger partial charge in [-0.05, 0) is 81.6 Å². The first-order chi connectivity index (χ1) is 20.2. The van der Waals surface area contributed by atoms with E-state index in [0.29, 0.717) is 46.7 Å². The first kappa shape index (κ1) is 27.5. The number of pyridine rings is 1. The fraction of sp³-hybridized carbons (Fsp3) is 0.250. The maximum absolute atomic E-state index is 13.8. The fourth-order valence-electron chi connectivity index (χ4n) is 5.38. The summed E-state index contributed by atoms with van der Waals surface area (Å²) in [5.74, 6) is -0.913. The zero-order valence-corrected chi connectivity index (χ0v) is 24.8. The molecule has 0 radical (unpaired) electrons. The number of aliphatic hydroxyl groups is 1. The van der Waals surface area contributed by atoms with Crippen molar-refractivity contribution in [1.82, 2.24) is 14.4 Å². The van der Waals surface area contributed by atoms with E-state index in [4.69, 9.17) is 14.5 Å². The molecule has 5 aromatic rings. The standard InChI is InChI=1S/C32H30N4O5S/c1-6-40-22-13-11-20(16-23(22)41-7-2)27-25(28(37)26-19(5)35-14-8-9-18(4)30(35)34-26)29(38)31(39)36(27)32-33-21-12-10-17(3)15-24(21)42-32/h8-16,27,37H,6-7H2,1-5H3. The minimum Gasteiger partial charge on any atom is -0.505 e. The molecule has 0 aliphatic carbocycles. The third-order valence-corrected chi connectivity index (χ3v) is 8.39. The van der Waals surface area contributed by atoms with Gasteiger partial charge in [-0.2, -0.15) is 0 Å². The Kier molecular flexibility index (Phi) is 6.94. The van der Waals surface area contributed by atoms with Gasteiger partial charge in [0.25, 0.3) is 5.78 Å². The van der Waals surface area contributed by atoms with Gasteiger partial charge in [-0.15, -0.1) is 0 Å². The summed E-state index contributed by atoms with van der Waals surface area (Å²) >= 11 is 1.32. The molecule has 1 amide bonds. The molecule has 42 heavy (non-hydrogen) atoms. The van der Waals surface area contributed by atoms with E-state index in [0.717, 1.165) is 21.3 Å². The number of ether oxygens (including phenoxy) is 2. The molecule has 4 heterocycles. The highest BCUT2D eigenvalue weighted by molar-refractivity contribution is 7.22. The molecular formula is C32H30N4O5S. The lowest BCUT2D eigenvalue weighted by Crippen LogP contribution is -2.29. The van der Waals surface area contributed by atoms with Crippen molar-refractivity contribution >= 4 is 49.8 Å². The average molecular weight is 583 g/mol. The van der Waals surface area contributed by atoms with Gasteiger partial charge in [-0.25, -0.2) is 9.97 Å². The number of nitrogens with zero attached hydrogens (tertiary/aromatic N) is 4. The topological polar surface area (TPSA) is 106 Å². The summed E-state index contributed by atoms with van der Waals surface area (Å²) in [5, 5.41) is 12.2. The predicted octanol–water partition coefficient (Wildman–Crippen LogP) is 6.29. The lowest BCUT2D eigenvalue weighted by Gasteiger charge is -2.24. The molecule has 9 nitrogen and oxygen atoms in total. The Bertz CT molecular complexity index is 1920. The van der Waals surface area contributed by atoms with Crippen LogP contribution in [0.25, 0.3) is 21.6 Å². The number of fused-ring (bicyclic) bond motifs is 2. The number of aliphatic hydroxyl groups excluding tert-OH is 1. The van der Waals surface area contributed by atoms with Gasteiger partial charge in [0.05, 0.1) is 40.7 Å². The molecule has 1 aliphatic heterocycles. The molecule has 1 atom stereocenters. The summed E-state index contributed by atoms with van der Waals surface area (Å²) in [6.45, 7) is 10.3. The molecule has 0 saturated carbocycles. The number of hydrogen-bond donors (Lipinski definition) is 1.